The van der Waals surface area contributed by atoms with E-state index < -0.39 is 0 Å². The van der Waals surface area contributed by atoms with E-state index in [1.807, 2.05) is 24.5 Å². The fourth-order valence-electron chi connectivity index (χ4n) is 2.37. The van der Waals surface area contributed by atoms with Gasteiger partial charge in [0.2, 0.25) is 0 Å². The Hall–Kier alpha value is -1.000. The van der Waals surface area contributed by atoms with E-state index in [1.165, 1.54) is 22.8 Å². The number of allylic oxidation sites excluding steroid dienone is 3. The molecule has 0 bridgehead atoms. The quantitative estimate of drug-likeness (QED) is 0.653. The fourth-order valence-corrected chi connectivity index (χ4v) is 2.37. The zero-order valence-electron chi connectivity index (χ0n) is 10.7. The predicted octanol–water partition coefficient (Wildman–Crippen LogP) is 0.411. The number of nitrogens with zero attached hydrogens (tertiary/aromatic N) is 2. The van der Waals surface area contributed by atoms with Crippen LogP contribution in [0.4, 0.5) is 0 Å². The summed E-state index contributed by atoms with van der Waals surface area (Å²) >= 11 is 0. The van der Waals surface area contributed by atoms with Gasteiger partial charge in [0.15, 0.2) is 5.70 Å². The number of aromatic nitrogens is 1. The van der Waals surface area contributed by atoms with Crippen LogP contribution < -0.4 is 17.0 Å². The standard InChI is InChI=1S/C15H15N2.2BrH/c1-12-14(10-13-5-7-16-8-6-13)11-17-9-3-2-4-15(12)17;;/h2-8,10H,9,11H2,1H3;2*1H/q+1;;/p-1. The van der Waals surface area contributed by atoms with Gasteiger partial charge in [-0.05, 0) is 18.2 Å². The van der Waals surface area contributed by atoms with Gasteiger partial charge in [-0.3, -0.25) is 4.98 Å². The lowest BCUT2D eigenvalue weighted by Crippen LogP contribution is -3.00. The Kier molecular flexibility index (Phi) is 5.88. The highest BCUT2D eigenvalue weighted by atomic mass is 79.9. The van der Waals surface area contributed by atoms with Crippen molar-refractivity contribution < 1.29 is 17.0 Å². The summed E-state index contributed by atoms with van der Waals surface area (Å²) < 4.78 is 0. The number of hydrogen-bond donors (Lipinski definition) is 0. The van der Waals surface area contributed by atoms with Gasteiger partial charge in [-0.25, -0.2) is 0 Å². The van der Waals surface area contributed by atoms with Crippen molar-refractivity contribution in [3.63, 3.8) is 0 Å². The third kappa shape index (κ3) is 3.31. The van der Waals surface area contributed by atoms with Crippen molar-refractivity contribution in [3.8, 4) is 0 Å². The number of pyridine rings is 1. The Morgan fingerprint density at radius 1 is 1.32 bits per heavy atom. The van der Waals surface area contributed by atoms with Crippen LogP contribution in [0.3, 0.4) is 0 Å². The summed E-state index contributed by atoms with van der Waals surface area (Å²) in [6.07, 6.45) is 12.5. The Morgan fingerprint density at radius 3 is 2.74 bits per heavy atom. The molecule has 3 rings (SSSR count). The third-order valence-electron chi connectivity index (χ3n) is 3.33. The van der Waals surface area contributed by atoms with Crippen LogP contribution in [0.5, 0.6) is 0 Å². The van der Waals surface area contributed by atoms with E-state index in [1.54, 1.807) is 0 Å². The third-order valence-corrected chi connectivity index (χ3v) is 3.33. The maximum atomic E-state index is 4.04. The molecule has 100 valence electrons. The van der Waals surface area contributed by atoms with Crippen molar-refractivity contribution in [3.05, 3.63) is 65.5 Å². The monoisotopic (exact) mass is 382 g/mol. The molecule has 1 fully saturated rings. The molecule has 0 N–H and O–H groups in total. The number of rotatable bonds is 1. The summed E-state index contributed by atoms with van der Waals surface area (Å²) in [5.41, 5.74) is 4.00. The zero-order chi connectivity index (χ0) is 11.7. The predicted molar refractivity (Wildman–Crippen MR) is 80.2 cm³/mol. The van der Waals surface area contributed by atoms with Gasteiger partial charge >= 0.3 is 0 Å². The Labute approximate surface area is 135 Å². The molecule has 1 saturated heterocycles. The summed E-state index contributed by atoms with van der Waals surface area (Å²) in [5, 5.41) is 0. The van der Waals surface area contributed by atoms with Gasteiger partial charge < -0.3 is 21.9 Å². The Balaban J connectivity index is 0.000000902. The van der Waals surface area contributed by atoms with Crippen molar-refractivity contribution in [2.24, 2.45) is 0 Å². The average Bonchev–Trinajstić information content (AvgIpc) is 2.68. The van der Waals surface area contributed by atoms with E-state index in [4.69, 9.17) is 0 Å². The summed E-state index contributed by atoms with van der Waals surface area (Å²) in [7, 11) is 0. The van der Waals surface area contributed by atoms with Crippen LogP contribution in [0, 0.1) is 5.92 Å². The van der Waals surface area contributed by atoms with Gasteiger partial charge in [-0.15, -0.1) is 17.0 Å². The molecular formula is C15H16Br2N2. The van der Waals surface area contributed by atoms with Crippen molar-refractivity contribution in [1.82, 2.24) is 9.88 Å². The molecular weight excluding hydrogens is 368 g/mol. The maximum absolute atomic E-state index is 4.04. The second kappa shape index (κ2) is 6.96. The molecule has 19 heavy (non-hydrogen) atoms. The zero-order valence-corrected chi connectivity index (χ0v) is 14.0. The first-order valence-corrected chi connectivity index (χ1v) is 5.91. The average molecular weight is 384 g/mol. The molecule has 0 spiro atoms. The minimum absolute atomic E-state index is 0. The van der Waals surface area contributed by atoms with Crippen molar-refractivity contribution in [2.75, 3.05) is 13.1 Å². The highest BCUT2D eigenvalue weighted by Gasteiger charge is 2.35. The molecule has 0 aromatic carbocycles. The first-order valence-electron chi connectivity index (χ1n) is 5.91. The SMILES string of the molecule is Br.C[C+]1C(=Cc2ccncc2)CN2CC=CC=C12.[Br-]. The van der Waals surface area contributed by atoms with Crippen molar-refractivity contribution in [1.29, 1.82) is 0 Å². The second-order valence-corrected chi connectivity index (χ2v) is 4.44. The van der Waals surface area contributed by atoms with Crippen LogP contribution in [0.1, 0.15) is 12.5 Å². The van der Waals surface area contributed by atoms with Gasteiger partial charge in [0, 0.05) is 43.6 Å². The van der Waals surface area contributed by atoms with Gasteiger partial charge in [0.25, 0.3) is 0 Å². The topological polar surface area (TPSA) is 16.1 Å². The van der Waals surface area contributed by atoms with Crippen LogP contribution in [0.15, 0.2) is 54.0 Å². The largest absolute Gasteiger partial charge is 1.00 e. The minimum atomic E-state index is 0. The van der Waals surface area contributed by atoms with Crippen LogP contribution in [-0.4, -0.2) is 23.0 Å². The molecule has 2 aliphatic rings. The van der Waals surface area contributed by atoms with Gasteiger partial charge in [0.05, 0.1) is 18.0 Å². The summed E-state index contributed by atoms with van der Waals surface area (Å²) in [6.45, 7) is 4.25. The molecule has 0 saturated carbocycles. The molecule has 0 radical (unpaired) electrons. The molecule has 0 atom stereocenters. The smallest absolute Gasteiger partial charge is 0.152 e. The van der Waals surface area contributed by atoms with Gasteiger partial charge in [-0.2, -0.15) is 0 Å². The molecule has 0 amide bonds. The second-order valence-electron chi connectivity index (χ2n) is 4.44. The molecule has 1 aromatic rings. The Bertz CT molecular complexity index is 506. The first kappa shape index (κ1) is 16.1. The van der Waals surface area contributed by atoms with Crippen LogP contribution in [-0.2, 0) is 0 Å². The Morgan fingerprint density at radius 2 is 2.05 bits per heavy atom. The van der Waals surface area contributed by atoms with E-state index in [-0.39, 0.29) is 34.0 Å². The summed E-state index contributed by atoms with van der Waals surface area (Å²) in [6, 6.07) is 4.09. The fraction of sp³-hybridized carbons (Fsp3) is 0.200. The minimum Gasteiger partial charge on any atom is -1.00 e. The number of fused-ring (bicyclic) bond motifs is 1. The lowest BCUT2D eigenvalue weighted by molar-refractivity contribution is -0.00000353. The number of hydrogen-bond acceptors (Lipinski definition) is 2. The van der Waals surface area contributed by atoms with E-state index in [9.17, 15) is 0 Å². The molecule has 1 aromatic heterocycles. The summed E-state index contributed by atoms with van der Waals surface area (Å²) in [5.74, 6) is 1.39. The normalized spacial score (nSPS) is 18.6. The molecule has 2 aliphatic heterocycles. The lowest BCUT2D eigenvalue weighted by Gasteiger charge is -2.15. The van der Waals surface area contributed by atoms with Crippen LogP contribution >= 0.6 is 17.0 Å². The first-order chi connectivity index (χ1) is 8.34. The molecule has 0 unspecified atom stereocenters. The lowest BCUT2D eigenvalue weighted by atomic mass is 9.99. The van der Waals surface area contributed by atoms with Crippen LogP contribution in [0.25, 0.3) is 6.08 Å². The summed E-state index contributed by atoms with van der Waals surface area (Å²) in [4.78, 5) is 6.45. The molecule has 2 nitrogen and oxygen atoms in total. The van der Waals surface area contributed by atoms with Gasteiger partial charge in [0.1, 0.15) is 0 Å². The highest BCUT2D eigenvalue weighted by Crippen LogP contribution is 2.36. The molecule has 0 aliphatic carbocycles. The molecule has 3 heterocycles. The van der Waals surface area contributed by atoms with Crippen LogP contribution in [0.2, 0.25) is 0 Å². The van der Waals surface area contributed by atoms with Crippen molar-refractivity contribution >= 4 is 23.1 Å². The van der Waals surface area contributed by atoms with Crippen molar-refractivity contribution in [2.45, 2.75) is 6.92 Å². The van der Waals surface area contributed by atoms with E-state index >= 15 is 0 Å². The molecule has 4 heteroatoms. The van der Waals surface area contributed by atoms with Gasteiger partial charge in [-0.1, -0.05) is 6.08 Å². The highest BCUT2D eigenvalue weighted by molar-refractivity contribution is 8.93. The van der Waals surface area contributed by atoms with E-state index in [0.29, 0.717) is 0 Å². The van der Waals surface area contributed by atoms with E-state index in [0.717, 1.165) is 13.1 Å². The van der Waals surface area contributed by atoms with E-state index in [2.05, 4.69) is 41.1 Å². The number of halogens is 2. The maximum Gasteiger partial charge on any atom is 0.152 e.